The molecule has 0 unspecified atom stereocenters. The van der Waals surface area contributed by atoms with Gasteiger partial charge in [-0.2, -0.15) is 4.72 Å². The van der Waals surface area contributed by atoms with Crippen molar-refractivity contribution in [1.29, 1.82) is 0 Å². The average Bonchev–Trinajstić information content (AvgIpc) is 2.25. The molecule has 1 aromatic rings. The van der Waals surface area contributed by atoms with Crippen LogP contribution in [0.1, 0.15) is 30.5 Å². The third-order valence-electron chi connectivity index (χ3n) is 3.06. The zero-order chi connectivity index (χ0) is 16.6. The lowest BCUT2D eigenvalue weighted by molar-refractivity contribution is -0.386. The van der Waals surface area contributed by atoms with Gasteiger partial charge in [0.05, 0.1) is 15.4 Å². The van der Waals surface area contributed by atoms with E-state index >= 15 is 0 Å². The second kappa shape index (κ2) is 5.47. The van der Waals surface area contributed by atoms with Crippen LogP contribution < -0.4 is 4.72 Å². The fourth-order valence-corrected chi connectivity index (χ4v) is 4.08. The summed E-state index contributed by atoms with van der Waals surface area (Å²) in [5.74, 6) is 2.33. The lowest BCUT2D eigenvalue weighted by atomic mass is 10.1. The third-order valence-corrected chi connectivity index (χ3v) is 5.01. The van der Waals surface area contributed by atoms with Crippen molar-refractivity contribution in [3.8, 4) is 12.3 Å². The van der Waals surface area contributed by atoms with Gasteiger partial charge in [0.25, 0.3) is 5.69 Å². The number of hydrogen-bond donors (Lipinski definition) is 1. The molecule has 0 saturated heterocycles. The minimum atomic E-state index is -3.96. The molecule has 1 N–H and O–H groups in total. The molecule has 0 fully saturated rings. The second-order valence-electron chi connectivity index (χ2n) is 5.45. The zero-order valence-corrected chi connectivity index (χ0v) is 13.5. The number of nitrogens with zero attached hydrogens (tertiary/aromatic N) is 1. The number of nitro groups is 1. The van der Waals surface area contributed by atoms with Crippen LogP contribution in [0, 0.1) is 43.2 Å². The average molecular weight is 310 g/mol. The van der Waals surface area contributed by atoms with Crippen LogP contribution in [0.5, 0.6) is 0 Å². The molecule has 0 atom stereocenters. The molecule has 1 aromatic carbocycles. The Morgan fingerprint density at radius 3 is 2.24 bits per heavy atom. The summed E-state index contributed by atoms with van der Waals surface area (Å²) in [7, 11) is -3.96. The first kappa shape index (κ1) is 17.1. The van der Waals surface area contributed by atoms with E-state index in [4.69, 9.17) is 6.42 Å². The molecule has 0 amide bonds. The number of nitro benzene ring substituents is 1. The summed E-state index contributed by atoms with van der Waals surface area (Å²) in [5.41, 5.74) is -0.310. The molecular formula is C14H18N2O4S. The Labute approximate surface area is 124 Å². The van der Waals surface area contributed by atoms with Crippen LogP contribution in [0.25, 0.3) is 0 Å². The van der Waals surface area contributed by atoms with Crippen molar-refractivity contribution in [2.45, 2.75) is 45.1 Å². The van der Waals surface area contributed by atoms with Gasteiger partial charge in [0.15, 0.2) is 0 Å². The molecule has 0 spiro atoms. The first-order valence-electron chi connectivity index (χ1n) is 6.20. The molecular weight excluding hydrogens is 292 g/mol. The van der Waals surface area contributed by atoms with Gasteiger partial charge < -0.3 is 0 Å². The number of terminal acetylenes is 1. The van der Waals surface area contributed by atoms with Gasteiger partial charge in [-0.1, -0.05) is 5.92 Å². The smallest absolute Gasteiger partial charge is 0.258 e. The number of hydrogen-bond acceptors (Lipinski definition) is 4. The van der Waals surface area contributed by atoms with E-state index in [1.54, 1.807) is 13.8 Å². The van der Waals surface area contributed by atoms with E-state index in [2.05, 4.69) is 10.6 Å². The van der Waals surface area contributed by atoms with Crippen molar-refractivity contribution in [3.63, 3.8) is 0 Å². The highest BCUT2D eigenvalue weighted by Gasteiger charge is 2.31. The van der Waals surface area contributed by atoms with E-state index in [0.29, 0.717) is 11.1 Å². The summed E-state index contributed by atoms with van der Waals surface area (Å²) in [6.45, 7) is 7.68. The van der Waals surface area contributed by atoms with Gasteiger partial charge in [0, 0.05) is 11.1 Å². The topological polar surface area (TPSA) is 89.3 Å². The zero-order valence-electron chi connectivity index (χ0n) is 12.6. The molecule has 0 saturated carbocycles. The molecule has 21 heavy (non-hydrogen) atoms. The number of nitrogens with one attached hydrogen (secondary N) is 1. The summed E-state index contributed by atoms with van der Waals surface area (Å²) in [6.07, 6.45) is 5.28. The van der Waals surface area contributed by atoms with Gasteiger partial charge in [0.1, 0.15) is 0 Å². The summed E-state index contributed by atoms with van der Waals surface area (Å²) < 4.78 is 27.4. The van der Waals surface area contributed by atoms with Crippen molar-refractivity contribution in [1.82, 2.24) is 4.72 Å². The Morgan fingerprint density at radius 1 is 1.29 bits per heavy atom. The Morgan fingerprint density at radius 2 is 1.81 bits per heavy atom. The molecule has 0 aromatic heterocycles. The van der Waals surface area contributed by atoms with Gasteiger partial charge in [-0.3, -0.25) is 10.1 Å². The molecule has 0 heterocycles. The maximum atomic E-state index is 12.5. The van der Waals surface area contributed by atoms with Crippen LogP contribution in [0.4, 0.5) is 5.69 Å². The Kier molecular flexibility index (Phi) is 4.46. The maximum Gasteiger partial charge on any atom is 0.276 e. The normalized spacial score (nSPS) is 12.0. The molecule has 0 aliphatic carbocycles. The number of sulfonamides is 1. The lowest BCUT2D eigenvalue weighted by Crippen LogP contribution is -2.42. The monoisotopic (exact) mass is 310 g/mol. The van der Waals surface area contributed by atoms with Crippen LogP contribution >= 0.6 is 0 Å². The van der Waals surface area contributed by atoms with Crippen molar-refractivity contribution < 1.29 is 13.3 Å². The van der Waals surface area contributed by atoms with Crippen LogP contribution in [-0.4, -0.2) is 18.9 Å². The fourth-order valence-electron chi connectivity index (χ4n) is 2.27. The predicted octanol–water partition coefficient (Wildman–Crippen LogP) is 2.21. The molecule has 114 valence electrons. The first-order chi connectivity index (χ1) is 9.43. The van der Waals surface area contributed by atoms with Gasteiger partial charge >= 0.3 is 0 Å². The second-order valence-corrected chi connectivity index (χ2v) is 7.06. The van der Waals surface area contributed by atoms with Crippen molar-refractivity contribution in [2.75, 3.05) is 0 Å². The summed E-state index contributed by atoms with van der Waals surface area (Å²) in [6, 6.07) is 1.49. The van der Waals surface area contributed by atoms with Gasteiger partial charge in [-0.05, 0) is 46.2 Å². The van der Waals surface area contributed by atoms with Crippen molar-refractivity contribution in [2.24, 2.45) is 0 Å². The third kappa shape index (κ3) is 3.40. The van der Waals surface area contributed by atoms with E-state index in [1.807, 2.05) is 0 Å². The number of rotatable bonds is 4. The molecule has 0 bridgehead atoms. The molecule has 0 aliphatic heterocycles. The van der Waals surface area contributed by atoms with Crippen LogP contribution in [0.15, 0.2) is 11.0 Å². The summed E-state index contributed by atoms with van der Waals surface area (Å²) in [5, 5.41) is 11.1. The number of aryl methyl sites for hydroxylation is 2. The maximum absolute atomic E-state index is 12.5. The fraction of sp³-hybridized carbons (Fsp3) is 0.429. The SMILES string of the molecule is C#CC(C)(C)NS(=O)(=O)c1c(C)cc(C)c([N+](=O)[O-])c1C. The van der Waals surface area contributed by atoms with E-state index in [-0.39, 0.29) is 16.1 Å². The number of benzene rings is 1. The first-order valence-corrected chi connectivity index (χ1v) is 7.68. The standard InChI is InChI=1S/C14H18N2O4S/c1-7-14(5,6)15-21(19,20)13-10(3)8-9(2)12(11(13)4)16(17)18/h1,8,15H,2-6H3. The molecule has 7 heteroatoms. The molecule has 6 nitrogen and oxygen atoms in total. The van der Waals surface area contributed by atoms with Gasteiger partial charge in [-0.25, -0.2) is 8.42 Å². The minimum absolute atomic E-state index is 0.0943. The van der Waals surface area contributed by atoms with Crippen molar-refractivity contribution >= 4 is 15.7 Å². The Balaban J connectivity index is 3.62. The lowest BCUT2D eigenvalue weighted by Gasteiger charge is -2.21. The Bertz CT molecular complexity index is 743. The highest BCUT2D eigenvalue weighted by atomic mass is 32.2. The van der Waals surface area contributed by atoms with Crippen molar-refractivity contribution in [3.05, 3.63) is 32.9 Å². The summed E-state index contributed by atoms with van der Waals surface area (Å²) in [4.78, 5) is 10.5. The highest BCUT2D eigenvalue weighted by Crippen LogP contribution is 2.32. The molecule has 0 aliphatic rings. The van der Waals surface area contributed by atoms with Crippen LogP contribution in [0.2, 0.25) is 0 Å². The van der Waals surface area contributed by atoms with E-state index in [0.717, 1.165) is 0 Å². The van der Waals surface area contributed by atoms with E-state index in [1.165, 1.54) is 26.8 Å². The Hall–Kier alpha value is -1.91. The van der Waals surface area contributed by atoms with Gasteiger partial charge in [-0.15, -0.1) is 6.42 Å². The molecule has 1 rings (SSSR count). The molecule has 0 radical (unpaired) electrons. The van der Waals surface area contributed by atoms with Gasteiger partial charge in [0.2, 0.25) is 10.0 Å². The van der Waals surface area contributed by atoms with Crippen LogP contribution in [-0.2, 0) is 10.0 Å². The van der Waals surface area contributed by atoms with E-state index in [9.17, 15) is 18.5 Å². The largest absolute Gasteiger partial charge is 0.276 e. The van der Waals surface area contributed by atoms with Crippen LogP contribution in [0.3, 0.4) is 0 Å². The quantitative estimate of drug-likeness (QED) is 0.524. The highest BCUT2D eigenvalue weighted by molar-refractivity contribution is 7.89. The minimum Gasteiger partial charge on any atom is -0.258 e. The summed E-state index contributed by atoms with van der Waals surface area (Å²) >= 11 is 0. The predicted molar refractivity (Wildman–Crippen MR) is 80.5 cm³/mol. The van der Waals surface area contributed by atoms with E-state index < -0.39 is 20.5 Å².